The zero-order chi connectivity index (χ0) is 18.5. The third kappa shape index (κ3) is 4.51. The summed E-state index contributed by atoms with van der Waals surface area (Å²) in [6.07, 6.45) is 0.100. The van der Waals surface area contributed by atoms with Gasteiger partial charge in [-0.1, -0.05) is 30.3 Å². The topological polar surface area (TPSA) is 59.1 Å². The second-order valence-corrected chi connectivity index (χ2v) is 6.41. The molecule has 5 heteroatoms. The summed E-state index contributed by atoms with van der Waals surface area (Å²) in [6, 6.07) is 17.9. The van der Waals surface area contributed by atoms with Gasteiger partial charge in [-0.05, 0) is 51.5 Å². The van der Waals surface area contributed by atoms with Gasteiger partial charge >= 0.3 is 0 Å². The van der Waals surface area contributed by atoms with Gasteiger partial charge in [-0.25, -0.2) is 9.97 Å². The Labute approximate surface area is 154 Å². The lowest BCUT2D eigenvalue weighted by Gasteiger charge is -2.16. The molecule has 0 unspecified atom stereocenters. The molecule has 0 bridgehead atoms. The first-order valence-electron chi connectivity index (χ1n) is 8.72. The maximum Gasteiger partial charge on any atom is 0.143 e. The molecule has 0 aliphatic rings. The summed E-state index contributed by atoms with van der Waals surface area (Å²) in [7, 11) is 0. The summed E-state index contributed by atoms with van der Waals surface area (Å²) in [5.74, 6) is 2.95. The van der Waals surface area contributed by atoms with Crippen LogP contribution in [0, 0.1) is 13.8 Å². The van der Waals surface area contributed by atoms with Crippen LogP contribution in [0.2, 0.25) is 0 Å². The van der Waals surface area contributed by atoms with E-state index in [1.54, 1.807) is 0 Å². The first kappa shape index (κ1) is 17.7. The van der Waals surface area contributed by atoms with Crippen molar-refractivity contribution >= 4 is 23.0 Å². The molecule has 0 saturated carbocycles. The molecule has 0 amide bonds. The highest BCUT2D eigenvalue weighted by Gasteiger charge is 2.08. The van der Waals surface area contributed by atoms with Crippen LogP contribution < -0.4 is 15.4 Å². The highest BCUT2D eigenvalue weighted by atomic mass is 16.5. The summed E-state index contributed by atoms with van der Waals surface area (Å²) in [5.41, 5.74) is 3.06. The molecule has 1 heterocycles. The zero-order valence-electron chi connectivity index (χ0n) is 15.6. The van der Waals surface area contributed by atoms with E-state index in [-0.39, 0.29) is 6.10 Å². The van der Waals surface area contributed by atoms with E-state index in [9.17, 15) is 0 Å². The van der Waals surface area contributed by atoms with Gasteiger partial charge in [0.05, 0.1) is 11.8 Å². The highest BCUT2D eigenvalue weighted by molar-refractivity contribution is 5.68. The van der Waals surface area contributed by atoms with Crippen molar-refractivity contribution in [2.75, 3.05) is 10.6 Å². The molecular weight excluding hydrogens is 324 g/mol. The van der Waals surface area contributed by atoms with E-state index in [1.165, 1.54) is 0 Å². The van der Waals surface area contributed by atoms with Gasteiger partial charge in [0, 0.05) is 11.8 Å². The molecule has 2 aromatic carbocycles. The Morgan fingerprint density at radius 1 is 0.808 bits per heavy atom. The second kappa shape index (κ2) is 7.87. The number of nitrogens with zero attached hydrogens (tertiary/aromatic N) is 2. The number of benzene rings is 2. The van der Waals surface area contributed by atoms with Gasteiger partial charge in [0.2, 0.25) is 0 Å². The van der Waals surface area contributed by atoms with Crippen molar-refractivity contribution in [2.45, 2.75) is 33.8 Å². The Kier molecular flexibility index (Phi) is 5.37. The normalized spacial score (nSPS) is 10.7. The summed E-state index contributed by atoms with van der Waals surface area (Å²) >= 11 is 0. The molecule has 0 aliphatic heterocycles. The predicted octanol–water partition coefficient (Wildman–Crippen LogP) is 5.37. The molecule has 3 aromatic rings. The lowest BCUT2D eigenvalue weighted by Crippen LogP contribution is -2.08. The van der Waals surface area contributed by atoms with Crippen LogP contribution in [-0.4, -0.2) is 16.1 Å². The Bertz CT molecular complexity index is 893. The average Bonchev–Trinajstić information content (AvgIpc) is 2.58. The average molecular weight is 348 g/mol. The number of hydrogen-bond donors (Lipinski definition) is 2. The molecule has 1 aromatic heterocycles. The van der Waals surface area contributed by atoms with E-state index < -0.39 is 0 Å². The van der Waals surface area contributed by atoms with E-state index in [2.05, 4.69) is 33.6 Å². The van der Waals surface area contributed by atoms with Crippen LogP contribution in [0.5, 0.6) is 5.75 Å². The molecule has 5 nitrogen and oxygen atoms in total. The molecular formula is C21H24N4O. The minimum atomic E-state index is 0.100. The van der Waals surface area contributed by atoms with Crippen LogP contribution in [0.25, 0.3) is 0 Å². The van der Waals surface area contributed by atoms with Crippen LogP contribution in [-0.2, 0) is 0 Å². The minimum Gasteiger partial charge on any atom is -0.489 e. The van der Waals surface area contributed by atoms with Crippen LogP contribution >= 0.6 is 0 Å². The third-order valence-electron chi connectivity index (χ3n) is 3.76. The number of para-hydroxylation sites is 3. The lowest BCUT2D eigenvalue weighted by molar-refractivity contribution is 0.244. The molecule has 134 valence electrons. The first-order chi connectivity index (χ1) is 12.5. The number of aryl methyl sites for hydroxylation is 2. The summed E-state index contributed by atoms with van der Waals surface area (Å²) in [5, 5.41) is 6.71. The van der Waals surface area contributed by atoms with Crippen molar-refractivity contribution in [3.63, 3.8) is 0 Å². The molecule has 0 spiro atoms. The molecule has 0 saturated heterocycles. The number of anilines is 4. The predicted molar refractivity (Wildman–Crippen MR) is 107 cm³/mol. The number of nitrogens with one attached hydrogen (secondary N) is 2. The van der Waals surface area contributed by atoms with E-state index in [0.29, 0.717) is 11.6 Å². The summed E-state index contributed by atoms with van der Waals surface area (Å²) in [4.78, 5) is 8.98. The maximum atomic E-state index is 5.87. The van der Waals surface area contributed by atoms with E-state index >= 15 is 0 Å². The molecule has 26 heavy (non-hydrogen) atoms. The second-order valence-electron chi connectivity index (χ2n) is 6.41. The first-order valence-corrected chi connectivity index (χ1v) is 8.72. The van der Waals surface area contributed by atoms with Gasteiger partial charge in [-0.3, -0.25) is 0 Å². The Hall–Kier alpha value is -3.08. The van der Waals surface area contributed by atoms with Crippen LogP contribution in [0.1, 0.15) is 25.2 Å². The fourth-order valence-corrected chi connectivity index (χ4v) is 2.61. The molecule has 2 N–H and O–H groups in total. The highest BCUT2D eigenvalue weighted by Crippen LogP contribution is 2.29. The van der Waals surface area contributed by atoms with Crippen molar-refractivity contribution < 1.29 is 4.74 Å². The van der Waals surface area contributed by atoms with Crippen molar-refractivity contribution in [3.8, 4) is 5.75 Å². The molecule has 0 aliphatic carbocycles. The van der Waals surface area contributed by atoms with Crippen molar-refractivity contribution in [1.29, 1.82) is 0 Å². The van der Waals surface area contributed by atoms with Crippen LogP contribution in [0.4, 0.5) is 23.0 Å². The Morgan fingerprint density at radius 2 is 1.38 bits per heavy atom. The Morgan fingerprint density at radius 3 is 2.04 bits per heavy atom. The monoisotopic (exact) mass is 348 g/mol. The van der Waals surface area contributed by atoms with Crippen molar-refractivity contribution in [2.24, 2.45) is 0 Å². The van der Waals surface area contributed by atoms with E-state index in [1.807, 2.05) is 69.3 Å². The van der Waals surface area contributed by atoms with Crippen molar-refractivity contribution in [3.05, 3.63) is 66.0 Å². The number of ether oxygens (including phenoxy) is 1. The molecule has 0 atom stereocenters. The van der Waals surface area contributed by atoms with Gasteiger partial charge in [0.15, 0.2) is 0 Å². The van der Waals surface area contributed by atoms with Crippen molar-refractivity contribution in [1.82, 2.24) is 9.97 Å². The molecule has 0 radical (unpaired) electrons. The Balaban J connectivity index is 1.86. The van der Waals surface area contributed by atoms with Gasteiger partial charge in [0.1, 0.15) is 23.2 Å². The van der Waals surface area contributed by atoms with Crippen LogP contribution in [0.15, 0.2) is 54.6 Å². The SMILES string of the molecule is Cc1nc(Nc2ccccc2C)cc(Nc2ccccc2OC(C)C)n1. The molecule has 0 fully saturated rings. The molecule has 3 rings (SSSR count). The quantitative estimate of drug-likeness (QED) is 0.627. The zero-order valence-corrected chi connectivity index (χ0v) is 15.6. The van der Waals surface area contributed by atoms with Crippen LogP contribution in [0.3, 0.4) is 0 Å². The maximum absolute atomic E-state index is 5.87. The van der Waals surface area contributed by atoms with E-state index in [4.69, 9.17) is 4.74 Å². The third-order valence-corrected chi connectivity index (χ3v) is 3.76. The number of aromatic nitrogens is 2. The largest absolute Gasteiger partial charge is 0.489 e. The van der Waals surface area contributed by atoms with Gasteiger partial charge in [0.25, 0.3) is 0 Å². The summed E-state index contributed by atoms with van der Waals surface area (Å²) < 4.78 is 5.87. The standard InChI is InChI=1S/C21H24N4O/c1-14(2)26-19-12-8-7-11-18(19)25-21-13-20(22-16(4)23-21)24-17-10-6-5-9-15(17)3/h5-14H,1-4H3,(H2,22,23,24,25). The lowest BCUT2D eigenvalue weighted by atomic mass is 10.2. The van der Waals surface area contributed by atoms with Gasteiger partial charge in [-0.15, -0.1) is 0 Å². The van der Waals surface area contributed by atoms with E-state index in [0.717, 1.165) is 28.5 Å². The van der Waals surface area contributed by atoms with Gasteiger partial charge < -0.3 is 15.4 Å². The fraction of sp³-hybridized carbons (Fsp3) is 0.238. The summed E-state index contributed by atoms with van der Waals surface area (Å²) in [6.45, 7) is 7.96. The smallest absolute Gasteiger partial charge is 0.143 e. The number of rotatable bonds is 6. The fourth-order valence-electron chi connectivity index (χ4n) is 2.61. The van der Waals surface area contributed by atoms with Gasteiger partial charge in [-0.2, -0.15) is 0 Å². The minimum absolute atomic E-state index is 0.100. The number of hydrogen-bond acceptors (Lipinski definition) is 5.